The zero-order valence-corrected chi connectivity index (χ0v) is 8.83. The summed E-state index contributed by atoms with van der Waals surface area (Å²) in [6.45, 7) is 0. The largest absolute Gasteiger partial charge is 0.181 e. The number of thioether (sulfide) groups is 1. The number of rotatable bonds is 2. The van der Waals surface area contributed by atoms with Crippen LogP contribution in [0.4, 0.5) is 0 Å². The van der Waals surface area contributed by atoms with Crippen LogP contribution in [-0.2, 0) is 6.42 Å². The van der Waals surface area contributed by atoms with Gasteiger partial charge in [0.25, 0.3) is 0 Å². The second-order valence-corrected chi connectivity index (χ2v) is 5.11. The predicted octanol–water partition coefficient (Wildman–Crippen LogP) is 2.05. The molecule has 66 valence electrons. The first-order valence-electron chi connectivity index (χ1n) is 3.84. The molecule has 2 rings (SSSR count). The molecule has 1 fully saturated rings. The highest BCUT2D eigenvalue weighted by atomic mass is 35.5. The summed E-state index contributed by atoms with van der Waals surface area (Å²) >= 11 is 9.34. The van der Waals surface area contributed by atoms with Crippen molar-refractivity contribution in [3.8, 4) is 0 Å². The van der Waals surface area contributed by atoms with E-state index < -0.39 is 0 Å². The average Bonchev–Trinajstić information content (AvgIpc) is 2.65. The van der Waals surface area contributed by atoms with E-state index in [2.05, 4.69) is 8.75 Å². The molecule has 0 aromatic carbocycles. The topological polar surface area (TPSA) is 25.8 Å². The number of hydrogen-bond donors (Lipinski definition) is 0. The third kappa shape index (κ3) is 1.92. The lowest BCUT2D eigenvalue weighted by Gasteiger charge is -2.09. The van der Waals surface area contributed by atoms with E-state index in [-0.39, 0.29) is 0 Å². The quantitative estimate of drug-likeness (QED) is 0.714. The highest BCUT2D eigenvalue weighted by molar-refractivity contribution is 7.99. The van der Waals surface area contributed by atoms with E-state index in [1.807, 2.05) is 18.0 Å². The van der Waals surface area contributed by atoms with Crippen LogP contribution in [0.25, 0.3) is 0 Å². The van der Waals surface area contributed by atoms with Gasteiger partial charge in [-0.3, -0.25) is 0 Å². The summed E-state index contributed by atoms with van der Waals surface area (Å²) in [6.07, 6.45) is 2.84. The minimum Gasteiger partial charge on any atom is -0.181 e. The normalized spacial score (nSPS) is 29.4. The van der Waals surface area contributed by atoms with Gasteiger partial charge in [0, 0.05) is 11.1 Å². The summed E-state index contributed by atoms with van der Waals surface area (Å²) in [4.78, 5) is 0. The summed E-state index contributed by atoms with van der Waals surface area (Å²) in [7, 11) is 0. The smallest absolute Gasteiger partial charge is 0.0746 e. The van der Waals surface area contributed by atoms with Crippen molar-refractivity contribution in [2.75, 3.05) is 11.5 Å². The number of hydrogen-bond acceptors (Lipinski definition) is 4. The average molecular weight is 221 g/mol. The van der Waals surface area contributed by atoms with Gasteiger partial charge < -0.3 is 0 Å². The molecule has 1 aromatic heterocycles. The molecular weight excluding hydrogens is 212 g/mol. The molecule has 1 aliphatic rings. The Morgan fingerprint density at radius 1 is 1.58 bits per heavy atom. The molecule has 12 heavy (non-hydrogen) atoms. The third-order valence-electron chi connectivity index (χ3n) is 2.00. The monoisotopic (exact) mass is 220 g/mol. The Balaban J connectivity index is 1.95. The molecule has 0 bridgehead atoms. The fourth-order valence-electron chi connectivity index (χ4n) is 1.30. The summed E-state index contributed by atoms with van der Waals surface area (Å²) in [5, 5.41) is 0.330. The second-order valence-electron chi connectivity index (χ2n) is 2.92. The van der Waals surface area contributed by atoms with Crippen molar-refractivity contribution in [3.05, 3.63) is 11.9 Å². The highest BCUT2D eigenvalue weighted by Gasteiger charge is 2.26. The molecule has 2 nitrogen and oxygen atoms in total. The zero-order chi connectivity index (χ0) is 8.39. The molecule has 0 radical (unpaired) electrons. The molecule has 1 aromatic rings. The van der Waals surface area contributed by atoms with Crippen LogP contribution < -0.4 is 0 Å². The highest BCUT2D eigenvalue weighted by Crippen LogP contribution is 2.30. The van der Waals surface area contributed by atoms with Crippen LogP contribution in [-0.4, -0.2) is 25.6 Å². The van der Waals surface area contributed by atoms with E-state index in [9.17, 15) is 0 Å². The van der Waals surface area contributed by atoms with Gasteiger partial charge in [-0.25, -0.2) is 0 Å². The Morgan fingerprint density at radius 2 is 2.50 bits per heavy atom. The van der Waals surface area contributed by atoms with Crippen molar-refractivity contribution in [2.24, 2.45) is 5.92 Å². The molecular formula is C7H9ClN2S2. The molecule has 1 aliphatic heterocycles. The molecule has 2 heterocycles. The van der Waals surface area contributed by atoms with Gasteiger partial charge in [0.15, 0.2) is 0 Å². The van der Waals surface area contributed by atoms with Crippen molar-refractivity contribution >= 4 is 35.1 Å². The zero-order valence-electron chi connectivity index (χ0n) is 6.44. The minimum absolute atomic E-state index is 0.330. The molecule has 0 amide bonds. The maximum Gasteiger partial charge on any atom is 0.0746 e. The Kier molecular flexibility index (Phi) is 2.88. The van der Waals surface area contributed by atoms with Gasteiger partial charge in [-0.05, 0) is 18.1 Å². The number of nitrogens with zero attached hydrogens (tertiary/aromatic N) is 2. The van der Waals surface area contributed by atoms with E-state index in [4.69, 9.17) is 11.6 Å². The first kappa shape index (κ1) is 8.78. The van der Waals surface area contributed by atoms with Gasteiger partial charge >= 0.3 is 0 Å². The lowest BCUT2D eigenvalue weighted by Crippen LogP contribution is -2.14. The predicted molar refractivity (Wildman–Crippen MR) is 54.1 cm³/mol. The van der Waals surface area contributed by atoms with Crippen LogP contribution in [0.2, 0.25) is 0 Å². The maximum absolute atomic E-state index is 6.13. The molecule has 0 saturated carbocycles. The molecule has 5 heteroatoms. The fraction of sp³-hybridized carbons (Fsp3) is 0.714. The van der Waals surface area contributed by atoms with Crippen molar-refractivity contribution in [2.45, 2.75) is 11.8 Å². The van der Waals surface area contributed by atoms with Gasteiger partial charge in [0.05, 0.1) is 23.6 Å². The van der Waals surface area contributed by atoms with Crippen LogP contribution in [0.1, 0.15) is 5.69 Å². The third-order valence-corrected chi connectivity index (χ3v) is 4.47. The fourth-order valence-corrected chi connectivity index (χ4v) is 3.58. The lowest BCUT2D eigenvalue weighted by molar-refractivity contribution is 0.596. The van der Waals surface area contributed by atoms with Crippen LogP contribution in [0.3, 0.4) is 0 Å². The number of alkyl halides is 1. The molecule has 2 atom stereocenters. The number of aromatic nitrogens is 2. The van der Waals surface area contributed by atoms with Crippen LogP contribution in [0, 0.1) is 5.92 Å². The Bertz CT molecular complexity index is 240. The van der Waals surface area contributed by atoms with Crippen molar-refractivity contribution in [1.29, 1.82) is 0 Å². The van der Waals surface area contributed by atoms with Gasteiger partial charge in [0.2, 0.25) is 0 Å². The molecule has 0 spiro atoms. The molecule has 2 unspecified atom stereocenters. The number of halogens is 1. The van der Waals surface area contributed by atoms with Crippen molar-refractivity contribution < 1.29 is 0 Å². The molecule has 1 saturated heterocycles. The Labute approximate surface area is 85.0 Å². The van der Waals surface area contributed by atoms with Gasteiger partial charge in [-0.15, -0.1) is 11.6 Å². The van der Waals surface area contributed by atoms with E-state index in [0.717, 1.165) is 17.9 Å². The first-order chi connectivity index (χ1) is 5.86. The van der Waals surface area contributed by atoms with E-state index in [1.165, 1.54) is 17.5 Å². The Morgan fingerprint density at radius 3 is 3.08 bits per heavy atom. The van der Waals surface area contributed by atoms with E-state index in [0.29, 0.717) is 11.3 Å². The van der Waals surface area contributed by atoms with E-state index in [1.54, 1.807) is 0 Å². The van der Waals surface area contributed by atoms with E-state index >= 15 is 0 Å². The lowest BCUT2D eigenvalue weighted by atomic mass is 10.0. The van der Waals surface area contributed by atoms with Gasteiger partial charge in [-0.2, -0.15) is 20.5 Å². The van der Waals surface area contributed by atoms with Crippen molar-refractivity contribution in [3.63, 3.8) is 0 Å². The van der Waals surface area contributed by atoms with Crippen LogP contribution in [0.5, 0.6) is 0 Å². The Hall–Kier alpha value is 0.200. The summed E-state index contributed by atoms with van der Waals surface area (Å²) in [6, 6.07) is 0. The molecule has 0 aliphatic carbocycles. The van der Waals surface area contributed by atoms with Gasteiger partial charge in [-0.1, -0.05) is 0 Å². The summed E-state index contributed by atoms with van der Waals surface area (Å²) < 4.78 is 8.15. The maximum atomic E-state index is 6.13. The van der Waals surface area contributed by atoms with Crippen LogP contribution >= 0.6 is 35.1 Å². The van der Waals surface area contributed by atoms with Crippen molar-refractivity contribution in [1.82, 2.24) is 8.75 Å². The SMILES string of the molecule is ClC1CSCC1Cc1cnsn1. The minimum atomic E-state index is 0.330. The standard InChI is InChI=1S/C7H9ClN2S2/c8-7-4-11-3-5(7)1-6-2-9-12-10-6/h2,5,7H,1,3-4H2. The molecule has 0 N–H and O–H groups in total. The van der Waals surface area contributed by atoms with Crippen LogP contribution in [0.15, 0.2) is 6.20 Å². The second kappa shape index (κ2) is 3.94. The van der Waals surface area contributed by atoms with Gasteiger partial charge in [0.1, 0.15) is 0 Å². The first-order valence-corrected chi connectivity index (χ1v) is 6.16. The summed E-state index contributed by atoms with van der Waals surface area (Å²) in [5.41, 5.74) is 1.10. The summed E-state index contributed by atoms with van der Waals surface area (Å²) in [5.74, 6) is 2.86.